The Hall–Kier alpha value is -3.61. The fraction of sp³-hybridized carbons (Fsp3) is 0.320. The van der Waals surface area contributed by atoms with Crippen LogP contribution in [0, 0.1) is 5.92 Å². The van der Waals surface area contributed by atoms with Crippen molar-refractivity contribution < 1.29 is 23.5 Å². The molecule has 3 heterocycles. The second-order valence-corrected chi connectivity index (χ2v) is 8.34. The number of benzene rings is 2. The van der Waals surface area contributed by atoms with Crippen molar-refractivity contribution in [1.29, 1.82) is 0 Å². The zero-order valence-corrected chi connectivity index (χ0v) is 17.6. The van der Waals surface area contributed by atoms with Gasteiger partial charge in [0.25, 0.3) is 17.6 Å². The Morgan fingerprint density at radius 2 is 1.84 bits per heavy atom. The molecule has 0 unspecified atom stereocenters. The summed E-state index contributed by atoms with van der Waals surface area (Å²) in [4.78, 5) is 39.3. The number of carbonyl (C=O) groups is 3. The summed E-state index contributed by atoms with van der Waals surface area (Å²) in [7, 11) is 0. The molecule has 3 aromatic rings. The third kappa shape index (κ3) is 3.98. The Morgan fingerprint density at radius 1 is 1.03 bits per heavy atom. The molecular formula is C25H24N2O5. The van der Waals surface area contributed by atoms with Crippen molar-refractivity contribution in [2.75, 3.05) is 26.2 Å². The number of para-hydroxylation sites is 1. The predicted molar refractivity (Wildman–Crippen MR) is 118 cm³/mol. The zero-order valence-electron chi connectivity index (χ0n) is 17.6. The minimum atomic E-state index is -0.619. The number of furan rings is 1. The molecule has 0 aliphatic carbocycles. The normalized spacial score (nSPS) is 15.9. The summed E-state index contributed by atoms with van der Waals surface area (Å²) in [6.45, 7) is 2.17. The third-order valence-corrected chi connectivity index (χ3v) is 6.25. The molecule has 5 rings (SSSR count). The van der Waals surface area contributed by atoms with E-state index in [2.05, 4.69) is 5.32 Å². The van der Waals surface area contributed by atoms with Crippen LogP contribution < -0.4 is 10.1 Å². The largest absolute Gasteiger partial charge is 0.493 e. The van der Waals surface area contributed by atoms with E-state index >= 15 is 0 Å². The van der Waals surface area contributed by atoms with Gasteiger partial charge in [0.2, 0.25) is 0 Å². The topological polar surface area (TPSA) is 88.9 Å². The first-order valence-corrected chi connectivity index (χ1v) is 10.9. The number of fused-ring (bicyclic) bond motifs is 2. The van der Waals surface area contributed by atoms with Gasteiger partial charge < -0.3 is 19.4 Å². The molecule has 1 fully saturated rings. The molecule has 1 N–H and O–H groups in total. The Balaban J connectivity index is 1.12. The summed E-state index contributed by atoms with van der Waals surface area (Å²) in [6.07, 6.45) is 2.34. The van der Waals surface area contributed by atoms with Gasteiger partial charge in [-0.1, -0.05) is 24.3 Å². The number of hydrogen-bond acceptors (Lipinski definition) is 5. The molecule has 2 aliphatic rings. The van der Waals surface area contributed by atoms with Gasteiger partial charge in [-0.2, -0.15) is 0 Å². The number of hydrogen-bond donors (Lipinski definition) is 1. The average Bonchev–Trinajstić information content (AvgIpc) is 3.48. The highest BCUT2D eigenvalue weighted by atomic mass is 16.5. The number of amides is 2. The van der Waals surface area contributed by atoms with Crippen LogP contribution >= 0.6 is 0 Å². The van der Waals surface area contributed by atoms with Crippen molar-refractivity contribution in [1.82, 2.24) is 10.2 Å². The summed E-state index contributed by atoms with van der Waals surface area (Å²) in [5, 5.41) is 3.79. The SMILES string of the molecule is O=C(NCC1CCN(C(=O)C(=O)c2cc3ccccc3o2)CC1)c1ccc2c(c1)OCC2. The van der Waals surface area contributed by atoms with Crippen LogP contribution in [-0.2, 0) is 11.2 Å². The highest BCUT2D eigenvalue weighted by Gasteiger charge is 2.30. The minimum absolute atomic E-state index is 0.0731. The molecule has 2 aliphatic heterocycles. The van der Waals surface area contributed by atoms with Gasteiger partial charge in [0, 0.05) is 37.0 Å². The lowest BCUT2D eigenvalue weighted by Crippen LogP contribution is -2.44. The first kappa shape index (κ1) is 20.3. The number of likely N-dealkylation sites (tertiary alicyclic amines) is 1. The number of carbonyl (C=O) groups excluding carboxylic acids is 3. The zero-order chi connectivity index (χ0) is 22.1. The van der Waals surface area contributed by atoms with Crippen LogP contribution in [0.25, 0.3) is 11.0 Å². The van der Waals surface area contributed by atoms with Crippen LogP contribution in [0.4, 0.5) is 0 Å². The minimum Gasteiger partial charge on any atom is -0.493 e. The van der Waals surface area contributed by atoms with Gasteiger partial charge in [-0.25, -0.2) is 0 Å². The van der Waals surface area contributed by atoms with Crippen molar-refractivity contribution in [3.8, 4) is 5.75 Å². The van der Waals surface area contributed by atoms with E-state index in [0.717, 1.165) is 36.0 Å². The molecule has 0 saturated carbocycles. The van der Waals surface area contributed by atoms with Crippen LogP contribution in [0.2, 0.25) is 0 Å². The lowest BCUT2D eigenvalue weighted by atomic mass is 9.96. The Labute approximate surface area is 185 Å². The fourth-order valence-electron chi connectivity index (χ4n) is 4.33. The van der Waals surface area contributed by atoms with Gasteiger partial charge in [0.15, 0.2) is 5.76 Å². The van der Waals surface area contributed by atoms with Crippen LogP contribution in [0.15, 0.2) is 52.9 Å². The van der Waals surface area contributed by atoms with Gasteiger partial charge in [0.1, 0.15) is 11.3 Å². The quantitative estimate of drug-likeness (QED) is 0.494. The molecule has 0 atom stereocenters. The van der Waals surface area contributed by atoms with Gasteiger partial charge in [-0.3, -0.25) is 14.4 Å². The number of nitrogens with one attached hydrogen (secondary N) is 1. The fourth-order valence-corrected chi connectivity index (χ4v) is 4.33. The summed E-state index contributed by atoms with van der Waals surface area (Å²) >= 11 is 0. The molecule has 32 heavy (non-hydrogen) atoms. The lowest BCUT2D eigenvalue weighted by Gasteiger charge is -2.31. The van der Waals surface area contributed by atoms with Crippen molar-refractivity contribution in [3.63, 3.8) is 0 Å². The van der Waals surface area contributed by atoms with Gasteiger partial charge in [-0.05, 0) is 48.6 Å². The molecule has 2 amide bonds. The monoisotopic (exact) mass is 432 g/mol. The second-order valence-electron chi connectivity index (χ2n) is 8.34. The molecule has 0 bridgehead atoms. The van der Waals surface area contributed by atoms with Crippen LogP contribution in [-0.4, -0.2) is 48.7 Å². The molecule has 1 saturated heterocycles. The standard InChI is InChI=1S/C25H24N2O5/c28-23(22-13-18-3-1-2-4-20(18)32-22)25(30)27-10-7-16(8-11-27)15-26-24(29)19-6-5-17-9-12-31-21(17)14-19/h1-6,13-14,16H,7-12,15H2,(H,26,29). The molecule has 0 spiro atoms. The predicted octanol–water partition coefficient (Wildman–Crippen LogP) is 3.22. The van der Waals surface area contributed by atoms with E-state index in [1.165, 1.54) is 0 Å². The maximum absolute atomic E-state index is 12.7. The molecule has 0 radical (unpaired) electrons. The first-order valence-electron chi connectivity index (χ1n) is 10.9. The highest BCUT2D eigenvalue weighted by Crippen LogP contribution is 2.26. The molecule has 164 valence electrons. The Morgan fingerprint density at radius 3 is 2.66 bits per heavy atom. The van der Waals surface area contributed by atoms with Crippen molar-refractivity contribution in [2.45, 2.75) is 19.3 Å². The van der Waals surface area contributed by atoms with E-state index in [1.807, 2.05) is 30.3 Å². The second kappa shape index (κ2) is 8.49. The summed E-state index contributed by atoms with van der Waals surface area (Å²) in [6, 6.07) is 14.5. The molecule has 2 aromatic carbocycles. The molecular weight excluding hydrogens is 408 g/mol. The van der Waals surface area contributed by atoms with Crippen molar-refractivity contribution in [3.05, 3.63) is 65.4 Å². The van der Waals surface area contributed by atoms with Gasteiger partial charge in [-0.15, -0.1) is 0 Å². The first-order chi connectivity index (χ1) is 15.6. The number of nitrogens with zero attached hydrogens (tertiary/aromatic N) is 1. The number of piperidine rings is 1. The number of ketones is 1. The third-order valence-electron chi connectivity index (χ3n) is 6.25. The van der Waals surface area contributed by atoms with Crippen LogP contribution in [0.3, 0.4) is 0 Å². The van der Waals surface area contributed by atoms with Crippen LogP contribution in [0.1, 0.15) is 39.3 Å². The Kier molecular flexibility index (Phi) is 5.39. The van der Waals surface area contributed by atoms with E-state index in [0.29, 0.717) is 37.4 Å². The number of rotatable bonds is 5. The average molecular weight is 432 g/mol. The summed E-state index contributed by atoms with van der Waals surface area (Å²) in [5.74, 6) is -0.157. The maximum atomic E-state index is 12.7. The molecule has 1 aromatic heterocycles. The van der Waals surface area contributed by atoms with Crippen molar-refractivity contribution >= 4 is 28.6 Å². The number of Topliss-reactive ketones (excluding diaryl/α,β-unsaturated/α-hetero) is 1. The molecule has 7 nitrogen and oxygen atoms in total. The van der Waals surface area contributed by atoms with Crippen LogP contribution in [0.5, 0.6) is 5.75 Å². The van der Waals surface area contributed by atoms with E-state index in [-0.39, 0.29) is 17.6 Å². The maximum Gasteiger partial charge on any atom is 0.298 e. The number of ether oxygens (including phenoxy) is 1. The molecule has 7 heteroatoms. The van der Waals surface area contributed by atoms with E-state index in [4.69, 9.17) is 9.15 Å². The van der Waals surface area contributed by atoms with Gasteiger partial charge in [0.05, 0.1) is 6.61 Å². The van der Waals surface area contributed by atoms with E-state index in [1.54, 1.807) is 23.1 Å². The summed E-state index contributed by atoms with van der Waals surface area (Å²) in [5.41, 5.74) is 2.32. The highest BCUT2D eigenvalue weighted by molar-refractivity contribution is 6.42. The summed E-state index contributed by atoms with van der Waals surface area (Å²) < 4.78 is 11.1. The van der Waals surface area contributed by atoms with Crippen molar-refractivity contribution in [2.24, 2.45) is 5.92 Å². The van der Waals surface area contributed by atoms with E-state index in [9.17, 15) is 14.4 Å². The van der Waals surface area contributed by atoms with E-state index < -0.39 is 11.7 Å². The lowest BCUT2D eigenvalue weighted by molar-refractivity contribution is -0.127. The Bertz CT molecular complexity index is 1160. The van der Waals surface area contributed by atoms with Gasteiger partial charge >= 0.3 is 0 Å². The smallest absolute Gasteiger partial charge is 0.298 e.